The van der Waals surface area contributed by atoms with Gasteiger partial charge in [-0.05, 0) is 54.9 Å². The van der Waals surface area contributed by atoms with Gasteiger partial charge in [0.05, 0.1) is 50.6 Å². The maximum absolute atomic E-state index is 15.4. The fourth-order valence-corrected chi connectivity index (χ4v) is 8.07. The fraction of sp³-hybridized carbons (Fsp3) is 0.400. The molecule has 60 heavy (non-hydrogen) atoms. The van der Waals surface area contributed by atoms with Gasteiger partial charge in [0, 0.05) is 63.3 Å². The molecular formula is C40H49F4N7O7SSi. The first kappa shape index (κ1) is 45.6. The maximum atomic E-state index is 15.4. The Labute approximate surface area is 347 Å². The standard InChI is InChI=1S/C40H49F4N7O7SSi/c1-9-51(59(5,53)54)38-26(11-10-14-45-38)23-46-37-35-32(20-31(48-37)29-19-30(41)34(57-4)17-27(29)21-40(42,43)44)50(24-58-15-16-60(6,7)8)49-36(35)39(52)47-22-25-12-13-28(55-2)18-33(25)56-3/h10-14,17-20H,9,15-16,21-24H2,1-8H3,(H,46,48)(H,47,52). The van der Waals surface area contributed by atoms with E-state index in [0.29, 0.717) is 29.2 Å². The van der Waals surface area contributed by atoms with Crippen molar-refractivity contribution in [3.05, 3.63) is 82.9 Å². The number of alkyl halides is 3. The van der Waals surface area contributed by atoms with E-state index in [1.165, 1.54) is 31.2 Å². The molecule has 20 heteroatoms. The minimum atomic E-state index is -4.69. The number of sulfonamides is 1. The van der Waals surface area contributed by atoms with E-state index in [-0.39, 0.29) is 77.2 Å². The van der Waals surface area contributed by atoms with Gasteiger partial charge in [-0.1, -0.05) is 25.7 Å². The first-order valence-electron chi connectivity index (χ1n) is 18.8. The van der Waals surface area contributed by atoms with Crippen LogP contribution in [0.15, 0.2) is 54.7 Å². The van der Waals surface area contributed by atoms with E-state index in [9.17, 15) is 26.4 Å². The third-order valence-corrected chi connectivity index (χ3v) is 12.3. The van der Waals surface area contributed by atoms with Crippen molar-refractivity contribution in [3.63, 3.8) is 0 Å². The van der Waals surface area contributed by atoms with Crippen LogP contribution in [0.1, 0.15) is 34.1 Å². The third-order valence-electron chi connectivity index (χ3n) is 9.37. The first-order valence-corrected chi connectivity index (χ1v) is 24.4. The van der Waals surface area contributed by atoms with Crippen LogP contribution in [0.3, 0.4) is 0 Å². The summed E-state index contributed by atoms with van der Waals surface area (Å²) in [5, 5.41) is 10.9. The van der Waals surface area contributed by atoms with Gasteiger partial charge in [0.1, 0.15) is 29.9 Å². The second kappa shape index (κ2) is 18.8. The van der Waals surface area contributed by atoms with Crippen molar-refractivity contribution in [1.29, 1.82) is 0 Å². The van der Waals surface area contributed by atoms with Crippen LogP contribution in [0.25, 0.3) is 22.2 Å². The molecule has 1 amide bonds. The van der Waals surface area contributed by atoms with Crippen LogP contribution >= 0.6 is 0 Å². The number of benzene rings is 2. The van der Waals surface area contributed by atoms with Gasteiger partial charge in [-0.3, -0.25) is 9.10 Å². The average molecular weight is 876 g/mol. The molecule has 5 aromatic rings. The van der Waals surface area contributed by atoms with E-state index >= 15 is 4.39 Å². The number of fused-ring (bicyclic) bond motifs is 1. The summed E-state index contributed by atoms with van der Waals surface area (Å²) in [5.74, 6) is -0.837. The highest BCUT2D eigenvalue weighted by Gasteiger charge is 2.31. The van der Waals surface area contributed by atoms with Gasteiger partial charge >= 0.3 is 6.18 Å². The molecule has 0 spiro atoms. The average Bonchev–Trinajstić information content (AvgIpc) is 3.56. The summed E-state index contributed by atoms with van der Waals surface area (Å²) in [6, 6.07) is 12.5. The van der Waals surface area contributed by atoms with Gasteiger partial charge < -0.3 is 29.6 Å². The summed E-state index contributed by atoms with van der Waals surface area (Å²) >= 11 is 0. The number of anilines is 2. The fourth-order valence-electron chi connectivity index (χ4n) is 6.37. The lowest BCUT2D eigenvalue weighted by atomic mass is 9.99. The van der Waals surface area contributed by atoms with Crippen molar-refractivity contribution in [2.75, 3.05) is 50.4 Å². The van der Waals surface area contributed by atoms with E-state index in [2.05, 4.69) is 40.4 Å². The predicted molar refractivity (Wildman–Crippen MR) is 223 cm³/mol. The first-order chi connectivity index (χ1) is 28.3. The number of nitrogens with one attached hydrogen (secondary N) is 2. The minimum Gasteiger partial charge on any atom is -0.497 e. The highest BCUT2D eigenvalue weighted by Crippen LogP contribution is 2.37. The quantitative estimate of drug-likeness (QED) is 0.0484. The summed E-state index contributed by atoms with van der Waals surface area (Å²) < 4.78 is 107. The van der Waals surface area contributed by atoms with Gasteiger partial charge in [0.2, 0.25) is 10.0 Å². The van der Waals surface area contributed by atoms with Crippen LogP contribution in [0.2, 0.25) is 25.7 Å². The van der Waals surface area contributed by atoms with E-state index in [0.717, 1.165) is 35.8 Å². The number of rotatable bonds is 19. The SMILES string of the molecule is CCN(c1ncccc1CNc1nc(-c2cc(F)c(OC)cc2CC(F)(F)F)cc2c1c(C(=O)NCc1ccc(OC)cc1OC)nn2COCC[Si](C)(C)C)S(C)(=O)=O. The molecule has 14 nitrogen and oxygen atoms in total. The van der Waals surface area contributed by atoms with Gasteiger partial charge in [-0.25, -0.2) is 27.5 Å². The van der Waals surface area contributed by atoms with Crippen LogP contribution in [0, 0.1) is 5.82 Å². The minimum absolute atomic E-state index is 0.00462. The molecule has 3 heterocycles. The number of aromatic nitrogens is 4. The highest BCUT2D eigenvalue weighted by molar-refractivity contribution is 7.92. The van der Waals surface area contributed by atoms with Crippen LogP contribution in [-0.2, 0) is 41.0 Å². The number of halogens is 4. The molecule has 0 aliphatic carbocycles. The Kier molecular flexibility index (Phi) is 14.3. The van der Waals surface area contributed by atoms with E-state index in [1.807, 2.05) is 0 Å². The van der Waals surface area contributed by atoms with Gasteiger partial charge in [-0.15, -0.1) is 0 Å². The molecule has 0 saturated carbocycles. The number of carbonyl (C=O) groups is 1. The molecule has 0 unspecified atom stereocenters. The maximum Gasteiger partial charge on any atom is 0.393 e. The zero-order valence-corrected chi connectivity index (χ0v) is 36.5. The van der Waals surface area contributed by atoms with Crippen LogP contribution < -0.4 is 29.1 Å². The Hall–Kier alpha value is -5.47. The Morgan fingerprint density at radius 2 is 1.68 bits per heavy atom. The van der Waals surface area contributed by atoms with E-state index in [4.69, 9.17) is 23.9 Å². The zero-order chi connectivity index (χ0) is 44.0. The van der Waals surface area contributed by atoms with E-state index in [1.54, 1.807) is 37.3 Å². The molecule has 324 valence electrons. The van der Waals surface area contributed by atoms with Crippen LogP contribution in [0.5, 0.6) is 17.2 Å². The van der Waals surface area contributed by atoms with Gasteiger partial charge in [0.15, 0.2) is 17.3 Å². The van der Waals surface area contributed by atoms with E-state index < -0.39 is 42.4 Å². The predicted octanol–water partition coefficient (Wildman–Crippen LogP) is 7.40. The smallest absolute Gasteiger partial charge is 0.393 e. The second-order valence-electron chi connectivity index (χ2n) is 15.0. The molecule has 0 atom stereocenters. The van der Waals surface area contributed by atoms with Crippen molar-refractivity contribution >= 4 is 46.5 Å². The zero-order valence-electron chi connectivity index (χ0n) is 34.7. The molecule has 0 aliphatic rings. The lowest BCUT2D eigenvalue weighted by Gasteiger charge is -2.22. The normalized spacial score (nSPS) is 12.1. The summed E-state index contributed by atoms with van der Waals surface area (Å²) in [4.78, 5) is 23.3. The number of hydrogen-bond donors (Lipinski definition) is 2. The molecule has 2 N–H and O–H groups in total. The number of pyridine rings is 2. The van der Waals surface area contributed by atoms with Gasteiger partial charge in [-0.2, -0.15) is 18.3 Å². The molecule has 5 rings (SSSR count). The monoisotopic (exact) mass is 875 g/mol. The molecule has 0 saturated heterocycles. The number of carbonyl (C=O) groups excluding carboxylic acids is 1. The Morgan fingerprint density at radius 1 is 0.950 bits per heavy atom. The molecule has 0 aliphatic heterocycles. The van der Waals surface area contributed by atoms with Crippen molar-refractivity contribution in [1.82, 2.24) is 25.1 Å². The van der Waals surface area contributed by atoms with Crippen LogP contribution in [0.4, 0.5) is 29.2 Å². The molecule has 0 bridgehead atoms. The molecular weight excluding hydrogens is 827 g/mol. The molecule has 0 radical (unpaired) electrons. The second-order valence-corrected chi connectivity index (χ2v) is 22.5. The number of methoxy groups -OCH3 is 3. The highest BCUT2D eigenvalue weighted by atomic mass is 32.2. The number of ether oxygens (including phenoxy) is 4. The van der Waals surface area contributed by atoms with Crippen molar-refractivity contribution in [2.24, 2.45) is 0 Å². The Bertz CT molecular complexity index is 2440. The number of hydrogen-bond acceptors (Lipinski definition) is 11. The summed E-state index contributed by atoms with van der Waals surface area (Å²) in [6.07, 6.45) is -3.62. The molecule has 0 fully saturated rings. The van der Waals surface area contributed by atoms with Crippen molar-refractivity contribution in [3.8, 4) is 28.5 Å². The topological polar surface area (TPSA) is 159 Å². The summed E-state index contributed by atoms with van der Waals surface area (Å²) in [5.41, 5.74) is 0.579. The molecule has 2 aromatic carbocycles. The summed E-state index contributed by atoms with van der Waals surface area (Å²) in [6.45, 7) is 8.39. The van der Waals surface area contributed by atoms with Crippen molar-refractivity contribution in [2.45, 2.75) is 65.0 Å². The third kappa shape index (κ3) is 11.2. The Balaban J connectivity index is 1.72. The Morgan fingerprint density at radius 3 is 2.32 bits per heavy atom. The number of amides is 1. The van der Waals surface area contributed by atoms with Crippen molar-refractivity contribution < 1.29 is 49.7 Å². The largest absolute Gasteiger partial charge is 0.497 e. The van der Waals surface area contributed by atoms with Crippen LogP contribution in [-0.4, -0.2) is 89.1 Å². The lowest BCUT2D eigenvalue weighted by molar-refractivity contribution is -0.127. The summed E-state index contributed by atoms with van der Waals surface area (Å²) in [7, 11) is -1.14. The van der Waals surface area contributed by atoms with Gasteiger partial charge in [0.25, 0.3) is 5.91 Å². The number of nitrogens with zero attached hydrogens (tertiary/aromatic N) is 5. The lowest BCUT2D eigenvalue weighted by Crippen LogP contribution is -2.31. The molecule has 3 aromatic heterocycles.